The molecule has 9 heteroatoms. The average Bonchev–Trinajstić information content (AvgIpc) is 3.44. The Bertz CT molecular complexity index is 771. The Morgan fingerprint density at radius 2 is 2.31 bits per heavy atom. The van der Waals surface area contributed by atoms with Crippen LogP contribution in [0.1, 0.15) is 18.5 Å². The van der Waals surface area contributed by atoms with Gasteiger partial charge in [-0.25, -0.2) is 4.98 Å². The van der Waals surface area contributed by atoms with Gasteiger partial charge in [0, 0.05) is 17.7 Å². The summed E-state index contributed by atoms with van der Waals surface area (Å²) in [6, 6.07) is 3.61. The summed E-state index contributed by atoms with van der Waals surface area (Å²) in [6.07, 6.45) is 1.28. The van der Waals surface area contributed by atoms with Crippen molar-refractivity contribution in [3.8, 4) is 9.88 Å². The van der Waals surface area contributed by atoms with E-state index in [-0.39, 0.29) is 17.9 Å². The van der Waals surface area contributed by atoms with Crippen LogP contribution in [0.3, 0.4) is 0 Å². The van der Waals surface area contributed by atoms with Gasteiger partial charge in [0.15, 0.2) is 0 Å². The van der Waals surface area contributed by atoms with E-state index in [4.69, 9.17) is 4.74 Å². The highest BCUT2D eigenvalue weighted by Crippen LogP contribution is 2.28. The number of aromatic nitrogens is 1. The van der Waals surface area contributed by atoms with Gasteiger partial charge in [0.05, 0.1) is 23.0 Å². The maximum absolute atomic E-state index is 12.6. The Morgan fingerprint density at radius 1 is 1.38 bits per heavy atom. The van der Waals surface area contributed by atoms with E-state index in [9.17, 15) is 9.59 Å². The minimum atomic E-state index is -0.424. The number of thiazole rings is 1. The predicted octanol–water partition coefficient (Wildman–Crippen LogP) is 2.57. The first-order valence-corrected chi connectivity index (χ1v) is 11.4. The van der Waals surface area contributed by atoms with Gasteiger partial charge in [0.25, 0.3) is 5.91 Å². The molecule has 0 unspecified atom stereocenters. The molecule has 4 rings (SSSR count). The molecule has 26 heavy (non-hydrogen) atoms. The Morgan fingerprint density at radius 3 is 3.08 bits per heavy atom. The lowest BCUT2D eigenvalue weighted by Gasteiger charge is -2.25. The number of nitrogens with zero attached hydrogens (tertiary/aromatic N) is 2. The van der Waals surface area contributed by atoms with Gasteiger partial charge in [0.2, 0.25) is 5.91 Å². The molecule has 0 saturated carbocycles. The van der Waals surface area contributed by atoms with Gasteiger partial charge in [0.1, 0.15) is 17.2 Å². The van der Waals surface area contributed by atoms with E-state index in [0.717, 1.165) is 28.4 Å². The molecule has 2 saturated heterocycles. The highest BCUT2D eigenvalue weighted by Gasteiger charge is 2.38. The van der Waals surface area contributed by atoms with E-state index in [1.807, 2.05) is 22.9 Å². The summed E-state index contributed by atoms with van der Waals surface area (Å²) >= 11 is 4.83. The lowest BCUT2D eigenvalue weighted by atomic mass is 10.2. The molecule has 0 bridgehead atoms. The maximum Gasteiger partial charge on any atom is 0.253 e. The SMILES string of the molecule is O=C(NCc1csc(-c2cccs2)n1)[C@H]1CSCN1C(=O)[C@H]1CCCO1. The van der Waals surface area contributed by atoms with Crippen molar-refractivity contribution in [3.05, 3.63) is 28.6 Å². The largest absolute Gasteiger partial charge is 0.368 e. The lowest BCUT2D eigenvalue weighted by Crippen LogP contribution is -2.50. The smallest absolute Gasteiger partial charge is 0.253 e. The quantitative estimate of drug-likeness (QED) is 0.822. The van der Waals surface area contributed by atoms with Crippen LogP contribution < -0.4 is 5.32 Å². The molecule has 2 atom stereocenters. The molecule has 0 spiro atoms. The van der Waals surface area contributed by atoms with Crippen LogP contribution in [0.15, 0.2) is 22.9 Å². The summed E-state index contributed by atoms with van der Waals surface area (Å²) in [4.78, 5) is 32.5. The van der Waals surface area contributed by atoms with E-state index in [1.165, 1.54) is 0 Å². The summed E-state index contributed by atoms with van der Waals surface area (Å²) < 4.78 is 5.48. The standard InChI is InChI=1S/C17H19N3O3S3/c21-15(12-9-24-10-20(12)17(22)13-3-1-5-23-13)18-7-11-8-26-16(19-11)14-4-2-6-25-14/h2,4,6,8,12-13H,1,3,5,7,9-10H2,(H,18,21)/t12-,13-/m1/s1. The molecule has 2 aliphatic rings. The number of thioether (sulfide) groups is 1. The molecule has 4 heterocycles. The molecule has 0 radical (unpaired) electrons. The molecule has 2 aliphatic heterocycles. The lowest BCUT2D eigenvalue weighted by molar-refractivity contribution is -0.145. The van der Waals surface area contributed by atoms with E-state index in [2.05, 4.69) is 10.3 Å². The first-order valence-electron chi connectivity index (χ1n) is 8.48. The van der Waals surface area contributed by atoms with Gasteiger partial charge in [-0.05, 0) is 24.3 Å². The fourth-order valence-electron chi connectivity index (χ4n) is 3.03. The minimum absolute atomic E-state index is 0.0544. The van der Waals surface area contributed by atoms with Crippen molar-refractivity contribution in [2.24, 2.45) is 0 Å². The summed E-state index contributed by atoms with van der Waals surface area (Å²) in [5, 5.41) is 7.89. The number of amides is 2. The molecule has 6 nitrogen and oxygen atoms in total. The molecule has 2 aromatic heterocycles. The van der Waals surface area contributed by atoms with Crippen LogP contribution in [-0.2, 0) is 20.9 Å². The first-order chi connectivity index (χ1) is 12.7. The van der Waals surface area contributed by atoms with Crippen molar-refractivity contribution >= 4 is 46.2 Å². The van der Waals surface area contributed by atoms with E-state index < -0.39 is 6.04 Å². The Balaban J connectivity index is 1.34. The van der Waals surface area contributed by atoms with Crippen LogP contribution >= 0.6 is 34.4 Å². The fourth-order valence-corrected chi connectivity index (χ4v) is 5.83. The fraction of sp³-hybridized carbons (Fsp3) is 0.471. The monoisotopic (exact) mass is 409 g/mol. The topological polar surface area (TPSA) is 71.5 Å². The number of thiophene rings is 1. The number of carbonyl (C=O) groups is 2. The zero-order valence-corrected chi connectivity index (χ0v) is 16.5. The van der Waals surface area contributed by atoms with Crippen LogP contribution in [0.2, 0.25) is 0 Å². The van der Waals surface area contributed by atoms with Crippen LogP contribution in [0.4, 0.5) is 0 Å². The van der Waals surface area contributed by atoms with Crippen molar-refractivity contribution in [1.82, 2.24) is 15.2 Å². The second kappa shape index (κ2) is 8.08. The molecule has 2 fully saturated rings. The van der Waals surface area contributed by atoms with Crippen molar-refractivity contribution in [2.45, 2.75) is 31.5 Å². The molecule has 2 aromatic rings. The summed E-state index contributed by atoms with van der Waals surface area (Å²) in [5.74, 6) is 1.01. The number of nitrogens with one attached hydrogen (secondary N) is 1. The average molecular weight is 410 g/mol. The van der Waals surface area contributed by atoms with Gasteiger partial charge in [-0.15, -0.1) is 34.4 Å². The van der Waals surface area contributed by atoms with Crippen molar-refractivity contribution < 1.29 is 14.3 Å². The van der Waals surface area contributed by atoms with Gasteiger partial charge in [-0.2, -0.15) is 0 Å². The summed E-state index contributed by atoms with van der Waals surface area (Å²) in [7, 11) is 0. The van der Waals surface area contributed by atoms with Gasteiger partial charge >= 0.3 is 0 Å². The molecule has 1 N–H and O–H groups in total. The number of ether oxygens (including phenoxy) is 1. The van der Waals surface area contributed by atoms with Crippen LogP contribution in [0, 0.1) is 0 Å². The van der Waals surface area contributed by atoms with Crippen LogP contribution in [0.25, 0.3) is 9.88 Å². The molecular weight excluding hydrogens is 390 g/mol. The minimum Gasteiger partial charge on any atom is -0.368 e. The molecule has 0 aromatic carbocycles. The van der Waals surface area contributed by atoms with Gasteiger partial charge in [-0.3, -0.25) is 9.59 Å². The van der Waals surface area contributed by atoms with E-state index in [1.54, 1.807) is 39.3 Å². The Kier molecular flexibility index (Phi) is 5.58. The van der Waals surface area contributed by atoms with Crippen LogP contribution in [0.5, 0.6) is 0 Å². The Labute approximate surface area is 163 Å². The number of hydrogen-bond donors (Lipinski definition) is 1. The van der Waals surface area contributed by atoms with Crippen molar-refractivity contribution in [3.63, 3.8) is 0 Å². The normalized spacial score (nSPS) is 22.7. The maximum atomic E-state index is 12.6. The van der Waals surface area contributed by atoms with Crippen LogP contribution in [-0.4, -0.2) is 52.1 Å². The predicted molar refractivity (Wildman–Crippen MR) is 104 cm³/mol. The summed E-state index contributed by atoms with van der Waals surface area (Å²) in [5.41, 5.74) is 0.842. The Hall–Kier alpha value is -1.42. The number of rotatable bonds is 5. The molecular formula is C17H19N3O3S3. The first kappa shape index (κ1) is 18.0. The molecule has 138 valence electrons. The molecule has 2 amide bonds. The highest BCUT2D eigenvalue weighted by molar-refractivity contribution is 7.99. The third kappa shape index (κ3) is 3.80. The zero-order valence-electron chi connectivity index (χ0n) is 14.1. The van der Waals surface area contributed by atoms with E-state index in [0.29, 0.717) is 24.8 Å². The highest BCUT2D eigenvalue weighted by atomic mass is 32.2. The number of hydrogen-bond acceptors (Lipinski definition) is 7. The van der Waals surface area contributed by atoms with Gasteiger partial charge in [-0.1, -0.05) is 6.07 Å². The van der Waals surface area contributed by atoms with Crippen molar-refractivity contribution in [2.75, 3.05) is 18.2 Å². The molecule has 0 aliphatic carbocycles. The zero-order chi connectivity index (χ0) is 17.9. The summed E-state index contributed by atoms with van der Waals surface area (Å²) in [6.45, 7) is 1.01. The third-order valence-electron chi connectivity index (χ3n) is 4.40. The second-order valence-electron chi connectivity index (χ2n) is 6.16. The second-order valence-corrected chi connectivity index (χ2v) is 8.97. The van der Waals surface area contributed by atoms with E-state index >= 15 is 0 Å². The van der Waals surface area contributed by atoms with Crippen molar-refractivity contribution in [1.29, 1.82) is 0 Å². The van der Waals surface area contributed by atoms with Gasteiger partial charge < -0.3 is 15.0 Å². The number of carbonyl (C=O) groups excluding carboxylic acids is 2. The third-order valence-corrected chi connectivity index (χ3v) is 7.34.